The molecule has 0 radical (unpaired) electrons. The van der Waals surface area contributed by atoms with Gasteiger partial charge in [0.05, 0.1) is 6.61 Å². The second-order valence-electron chi connectivity index (χ2n) is 5.34. The largest absolute Gasteiger partial charge is 0.356 e. The van der Waals surface area contributed by atoms with E-state index >= 15 is 0 Å². The molecule has 0 spiro atoms. The van der Waals surface area contributed by atoms with E-state index < -0.39 is 0 Å². The van der Waals surface area contributed by atoms with Gasteiger partial charge in [0.2, 0.25) is 0 Å². The normalized spacial score (nSPS) is 12.5. The van der Waals surface area contributed by atoms with Crippen molar-refractivity contribution in [2.75, 3.05) is 6.54 Å². The zero-order valence-corrected chi connectivity index (χ0v) is 13.1. The van der Waals surface area contributed by atoms with E-state index in [2.05, 4.69) is 54.3 Å². The molecule has 2 rings (SSSR count). The highest BCUT2D eigenvalue weighted by Gasteiger charge is 2.09. The van der Waals surface area contributed by atoms with Crippen LogP contribution in [0.4, 0.5) is 0 Å². The lowest BCUT2D eigenvalue weighted by Crippen LogP contribution is -2.21. The Morgan fingerprint density at radius 3 is 2.67 bits per heavy atom. The van der Waals surface area contributed by atoms with Gasteiger partial charge in [-0.25, -0.2) is 0 Å². The quantitative estimate of drug-likeness (QED) is 0.750. The number of aromatic nitrogens is 1. The summed E-state index contributed by atoms with van der Waals surface area (Å²) in [6.45, 7) is 6.73. The number of benzene rings is 1. The average molecular weight is 286 g/mol. The predicted octanol–water partition coefficient (Wildman–Crippen LogP) is 4.11. The number of hydrogen-bond donors (Lipinski definition) is 1. The molecule has 3 nitrogen and oxygen atoms in total. The second kappa shape index (κ2) is 8.65. The maximum atomic E-state index is 5.76. The van der Waals surface area contributed by atoms with Crippen LogP contribution in [0.5, 0.6) is 0 Å². The van der Waals surface area contributed by atoms with Gasteiger partial charge in [0.1, 0.15) is 6.73 Å². The van der Waals surface area contributed by atoms with Crippen molar-refractivity contribution in [1.82, 2.24) is 9.88 Å². The first-order valence-electron chi connectivity index (χ1n) is 7.84. The van der Waals surface area contributed by atoms with Crippen LogP contribution in [0, 0.1) is 0 Å². The monoisotopic (exact) mass is 286 g/mol. The van der Waals surface area contributed by atoms with Crippen LogP contribution < -0.4 is 5.32 Å². The highest BCUT2D eigenvalue weighted by molar-refractivity contribution is 5.15. The molecular formula is C18H26N2O. The average Bonchev–Trinajstić information content (AvgIpc) is 2.98. The summed E-state index contributed by atoms with van der Waals surface area (Å²) < 4.78 is 7.86. The van der Waals surface area contributed by atoms with Gasteiger partial charge >= 0.3 is 0 Å². The lowest BCUT2D eigenvalue weighted by atomic mass is 10.1. The van der Waals surface area contributed by atoms with E-state index in [1.54, 1.807) is 0 Å². The fourth-order valence-corrected chi connectivity index (χ4v) is 2.41. The topological polar surface area (TPSA) is 26.2 Å². The summed E-state index contributed by atoms with van der Waals surface area (Å²) in [6.07, 6.45) is 6.55. The van der Waals surface area contributed by atoms with Crippen LogP contribution in [-0.4, -0.2) is 11.1 Å². The summed E-state index contributed by atoms with van der Waals surface area (Å²) >= 11 is 0. The van der Waals surface area contributed by atoms with E-state index in [4.69, 9.17) is 4.74 Å². The molecule has 1 N–H and O–H groups in total. The van der Waals surface area contributed by atoms with Crippen molar-refractivity contribution in [2.45, 2.75) is 46.1 Å². The van der Waals surface area contributed by atoms with E-state index in [1.165, 1.54) is 11.1 Å². The first kappa shape index (κ1) is 15.8. The van der Waals surface area contributed by atoms with Gasteiger partial charge in [-0.15, -0.1) is 0 Å². The predicted molar refractivity (Wildman–Crippen MR) is 87.0 cm³/mol. The molecule has 0 saturated heterocycles. The summed E-state index contributed by atoms with van der Waals surface area (Å²) in [6, 6.07) is 12.9. The molecule has 0 aliphatic carbocycles. The lowest BCUT2D eigenvalue weighted by Gasteiger charge is -2.15. The lowest BCUT2D eigenvalue weighted by molar-refractivity contribution is 0.0641. The minimum absolute atomic E-state index is 0.445. The molecule has 0 fully saturated rings. The minimum Gasteiger partial charge on any atom is -0.356 e. The molecule has 1 aromatic heterocycles. The molecule has 1 unspecified atom stereocenters. The zero-order chi connectivity index (χ0) is 14.9. The summed E-state index contributed by atoms with van der Waals surface area (Å²) in [7, 11) is 0. The van der Waals surface area contributed by atoms with Crippen molar-refractivity contribution >= 4 is 0 Å². The summed E-state index contributed by atoms with van der Waals surface area (Å²) in [5.74, 6) is 0. The van der Waals surface area contributed by atoms with E-state index in [0.29, 0.717) is 19.4 Å². The molecule has 0 aliphatic rings. The van der Waals surface area contributed by atoms with Gasteiger partial charge in [-0.1, -0.05) is 44.2 Å². The molecular weight excluding hydrogens is 260 g/mol. The van der Waals surface area contributed by atoms with Crippen molar-refractivity contribution in [2.24, 2.45) is 0 Å². The molecule has 0 bridgehead atoms. The molecule has 0 amide bonds. The molecule has 0 aliphatic heterocycles. The Hall–Kier alpha value is -1.58. The molecule has 1 atom stereocenters. The highest BCUT2D eigenvalue weighted by Crippen LogP contribution is 2.17. The zero-order valence-electron chi connectivity index (χ0n) is 13.1. The summed E-state index contributed by atoms with van der Waals surface area (Å²) in [5.41, 5.74) is 2.55. The fourth-order valence-electron chi connectivity index (χ4n) is 2.41. The first-order valence-corrected chi connectivity index (χ1v) is 7.84. The number of rotatable bonds is 9. The van der Waals surface area contributed by atoms with E-state index in [1.807, 2.05) is 18.2 Å². The van der Waals surface area contributed by atoms with Crippen LogP contribution in [0.25, 0.3) is 0 Å². The third kappa shape index (κ3) is 5.03. The van der Waals surface area contributed by atoms with Crippen LogP contribution in [0.1, 0.15) is 43.9 Å². The number of hydrogen-bond acceptors (Lipinski definition) is 2. The van der Waals surface area contributed by atoms with E-state index in [0.717, 1.165) is 19.4 Å². The molecule has 114 valence electrons. The van der Waals surface area contributed by atoms with Crippen molar-refractivity contribution in [3.8, 4) is 0 Å². The maximum absolute atomic E-state index is 5.76. The van der Waals surface area contributed by atoms with Crippen LogP contribution >= 0.6 is 0 Å². The van der Waals surface area contributed by atoms with Crippen molar-refractivity contribution in [3.63, 3.8) is 0 Å². The molecule has 21 heavy (non-hydrogen) atoms. The van der Waals surface area contributed by atoms with Gasteiger partial charge in [0.15, 0.2) is 0 Å². The van der Waals surface area contributed by atoms with E-state index in [-0.39, 0.29) is 0 Å². The Bertz CT molecular complexity index is 507. The molecule has 1 aromatic carbocycles. The van der Waals surface area contributed by atoms with Crippen LogP contribution in [0.15, 0.2) is 48.8 Å². The van der Waals surface area contributed by atoms with Crippen molar-refractivity contribution in [1.29, 1.82) is 0 Å². The Balaban J connectivity index is 1.82. The summed E-state index contributed by atoms with van der Waals surface area (Å²) in [4.78, 5) is 0. The van der Waals surface area contributed by atoms with Gasteiger partial charge in [0, 0.05) is 18.4 Å². The highest BCUT2D eigenvalue weighted by atomic mass is 16.5. The fraction of sp³-hybridized carbons (Fsp3) is 0.444. The molecule has 3 heteroatoms. The van der Waals surface area contributed by atoms with Gasteiger partial charge in [0.25, 0.3) is 0 Å². The third-order valence-electron chi connectivity index (χ3n) is 3.58. The smallest absolute Gasteiger partial charge is 0.122 e. The van der Waals surface area contributed by atoms with Crippen molar-refractivity contribution < 1.29 is 4.74 Å². The Labute approximate surface area is 127 Å². The van der Waals surface area contributed by atoms with Crippen LogP contribution in [0.3, 0.4) is 0 Å². The Morgan fingerprint density at radius 1 is 1.14 bits per heavy atom. The summed E-state index contributed by atoms with van der Waals surface area (Å²) in [5, 5.41) is 3.58. The number of nitrogens with zero attached hydrogens (tertiary/aromatic N) is 1. The van der Waals surface area contributed by atoms with Gasteiger partial charge < -0.3 is 14.6 Å². The minimum atomic E-state index is 0.445. The van der Waals surface area contributed by atoms with Crippen molar-refractivity contribution in [3.05, 3.63) is 59.9 Å². The molecule has 1 heterocycles. The second-order valence-corrected chi connectivity index (χ2v) is 5.34. The molecule has 2 aromatic rings. The SMILES string of the molecule is CCCNC(CC)c1ccn(COCc2ccccc2)c1. The van der Waals surface area contributed by atoms with E-state index in [9.17, 15) is 0 Å². The number of ether oxygens (including phenoxy) is 1. The van der Waals surface area contributed by atoms with Gasteiger partial charge in [-0.3, -0.25) is 0 Å². The third-order valence-corrected chi connectivity index (χ3v) is 3.58. The standard InChI is InChI=1S/C18H26N2O/c1-3-11-19-18(4-2)17-10-12-20(13-17)15-21-14-16-8-6-5-7-9-16/h5-10,12-13,18-19H,3-4,11,14-15H2,1-2H3. The van der Waals surface area contributed by atoms with Crippen LogP contribution in [0.2, 0.25) is 0 Å². The Kier molecular flexibility index (Phi) is 6.51. The van der Waals surface area contributed by atoms with Gasteiger partial charge in [-0.05, 0) is 36.6 Å². The van der Waals surface area contributed by atoms with Gasteiger partial charge in [-0.2, -0.15) is 0 Å². The first-order chi connectivity index (χ1) is 10.3. The molecule has 0 saturated carbocycles. The van der Waals surface area contributed by atoms with Crippen LogP contribution in [-0.2, 0) is 18.1 Å². The Morgan fingerprint density at radius 2 is 1.95 bits per heavy atom. The maximum Gasteiger partial charge on any atom is 0.122 e. The number of nitrogens with one attached hydrogen (secondary N) is 1.